The Kier molecular flexibility index (Phi) is 16.0. The van der Waals surface area contributed by atoms with Crippen molar-refractivity contribution in [1.82, 2.24) is 0 Å². The van der Waals surface area contributed by atoms with E-state index >= 15 is 0 Å². The fourth-order valence-corrected chi connectivity index (χ4v) is 2.70. The van der Waals surface area contributed by atoms with Crippen LogP contribution < -0.4 is 0 Å². The lowest BCUT2D eigenvalue weighted by atomic mass is 10.0. The second-order valence-electron chi connectivity index (χ2n) is 6.62. The molecule has 2 heteroatoms. The summed E-state index contributed by atoms with van der Waals surface area (Å²) in [4.78, 5) is 11.0. The molecule has 2 nitrogen and oxygen atoms in total. The number of rotatable bonds is 16. The van der Waals surface area contributed by atoms with Gasteiger partial charge in [-0.25, -0.2) is 4.79 Å². The molecule has 0 bridgehead atoms. The third-order valence-electron chi connectivity index (χ3n) is 4.23. The zero-order valence-corrected chi connectivity index (χ0v) is 15.1. The van der Waals surface area contributed by atoms with Gasteiger partial charge in [0.25, 0.3) is 0 Å². The summed E-state index contributed by atoms with van der Waals surface area (Å²) in [5, 5.41) is 0. The van der Waals surface area contributed by atoms with Crippen molar-refractivity contribution < 1.29 is 9.53 Å². The van der Waals surface area contributed by atoms with Gasteiger partial charge in [0.1, 0.15) is 0 Å². The molecule has 1 unspecified atom stereocenters. The number of carbonyl (C=O) groups is 1. The standard InChI is InChI=1S/C20H38O2/c1-4-6-7-8-9-10-11-12-13-14-15-16-17-19(3)18-22-20(21)5-2/h5,19H,2,4,6-18H2,1,3H3. The fraction of sp³-hybridized carbons (Fsp3) is 0.850. The van der Waals surface area contributed by atoms with Gasteiger partial charge in [-0.15, -0.1) is 0 Å². The third-order valence-corrected chi connectivity index (χ3v) is 4.23. The Balaban J connectivity index is 3.16. The van der Waals surface area contributed by atoms with Crippen molar-refractivity contribution in [1.29, 1.82) is 0 Å². The summed E-state index contributed by atoms with van der Waals surface area (Å²) in [5.41, 5.74) is 0. The molecule has 0 N–H and O–H groups in total. The zero-order valence-electron chi connectivity index (χ0n) is 15.1. The lowest BCUT2D eigenvalue weighted by Crippen LogP contribution is -2.09. The molecule has 0 amide bonds. The molecule has 0 saturated heterocycles. The predicted molar refractivity (Wildman–Crippen MR) is 96.0 cm³/mol. The van der Waals surface area contributed by atoms with Crippen molar-refractivity contribution in [3.63, 3.8) is 0 Å². The van der Waals surface area contributed by atoms with Gasteiger partial charge in [0.2, 0.25) is 0 Å². The zero-order chi connectivity index (χ0) is 16.5. The molecule has 0 aromatic rings. The average molecular weight is 311 g/mol. The summed E-state index contributed by atoms with van der Waals surface area (Å²) in [6, 6.07) is 0. The summed E-state index contributed by atoms with van der Waals surface area (Å²) < 4.78 is 5.05. The van der Waals surface area contributed by atoms with E-state index in [9.17, 15) is 4.79 Å². The number of carbonyl (C=O) groups excluding carboxylic acids is 1. The van der Waals surface area contributed by atoms with Crippen LogP contribution in [0.1, 0.15) is 97.3 Å². The number of hydrogen-bond donors (Lipinski definition) is 0. The topological polar surface area (TPSA) is 26.3 Å². The quantitative estimate of drug-likeness (QED) is 0.186. The Morgan fingerprint density at radius 2 is 1.36 bits per heavy atom. The van der Waals surface area contributed by atoms with Gasteiger partial charge in [-0.1, -0.05) is 97.5 Å². The minimum atomic E-state index is -0.304. The Morgan fingerprint density at radius 3 is 1.82 bits per heavy atom. The highest BCUT2D eigenvalue weighted by Gasteiger charge is 2.04. The monoisotopic (exact) mass is 310 g/mol. The molecule has 130 valence electrons. The minimum Gasteiger partial charge on any atom is -0.462 e. The fourth-order valence-electron chi connectivity index (χ4n) is 2.70. The van der Waals surface area contributed by atoms with Crippen molar-refractivity contribution in [2.24, 2.45) is 5.92 Å². The maximum absolute atomic E-state index is 11.0. The van der Waals surface area contributed by atoms with Gasteiger partial charge in [-0.3, -0.25) is 0 Å². The van der Waals surface area contributed by atoms with Crippen LogP contribution in [0.2, 0.25) is 0 Å². The first-order valence-corrected chi connectivity index (χ1v) is 9.49. The van der Waals surface area contributed by atoms with E-state index in [-0.39, 0.29) is 5.97 Å². The minimum absolute atomic E-state index is 0.304. The molecule has 0 aromatic carbocycles. The van der Waals surface area contributed by atoms with Crippen LogP contribution in [-0.2, 0) is 9.53 Å². The lowest BCUT2D eigenvalue weighted by molar-refractivity contribution is -0.139. The van der Waals surface area contributed by atoms with Crippen molar-refractivity contribution in [3.05, 3.63) is 12.7 Å². The third kappa shape index (κ3) is 15.6. The smallest absolute Gasteiger partial charge is 0.330 e. The SMILES string of the molecule is C=CC(=O)OCC(C)CCCCCCCCCCCCCC. The van der Waals surface area contributed by atoms with Crippen molar-refractivity contribution in [3.8, 4) is 0 Å². The van der Waals surface area contributed by atoms with Crippen LogP contribution in [0.3, 0.4) is 0 Å². The van der Waals surface area contributed by atoms with Gasteiger partial charge in [0.15, 0.2) is 0 Å². The summed E-state index contributed by atoms with van der Waals surface area (Å²) in [7, 11) is 0. The molecule has 0 saturated carbocycles. The summed E-state index contributed by atoms with van der Waals surface area (Å²) in [6.07, 6.45) is 19.0. The highest BCUT2D eigenvalue weighted by atomic mass is 16.5. The number of esters is 1. The first kappa shape index (κ1) is 21.2. The molecule has 0 aromatic heterocycles. The second kappa shape index (κ2) is 16.6. The van der Waals surface area contributed by atoms with Crippen LogP contribution in [0.4, 0.5) is 0 Å². The molecule has 0 fully saturated rings. The van der Waals surface area contributed by atoms with E-state index in [1.807, 2.05) is 0 Å². The van der Waals surface area contributed by atoms with E-state index in [1.54, 1.807) is 0 Å². The number of ether oxygens (including phenoxy) is 1. The van der Waals surface area contributed by atoms with Crippen LogP contribution >= 0.6 is 0 Å². The van der Waals surface area contributed by atoms with E-state index in [4.69, 9.17) is 4.74 Å². The number of hydrogen-bond acceptors (Lipinski definition) is 2. The van der Waals surface area contributed by atoms with Crippen molar-refractivity contribution in [2.75, 3.05) is 6.61 Å². The first-order valence-electron chi connectivity index (χ1n) is 9.49. The van der Waals surface area contributed by atoms with Crippen LogP contribution in [-0.4, -0.2) is 12.6 Å². The Labute approximate surface area is 138 Å². The maximum atomic E-state index is 11.0. The van der Waals surface area contributed by atoms with Crippen LogP contribution in [0.25, 0.3) is 0 Å². The molecular formula is C20H38O2. The molecular weight excluding hydrogens is 272 g/mol. The van der Waals surface area contributed by atoms with Crippen LogP contribution in [0, 0.1) is 5.92 Å². The molecule has 1 atom stereocenters. The molecule has 0 heterocycles. The maximum Gasteiger partial charge on any atom is 0.330 e. The Morgan fingerprint density at radius 1 is 0.909 bits per heavy atom. The normalized spacial score (nSPS) is 12.1. The van der Waals surface area contributed by atoms with Gasteiger partial charge in [-0.2, -0.15) is 0 Å². The van der Waals surface area contributed by atoms with Gasteiger partial charge in [0, 0.05) is 6.08 Å². The summed E-state index contributed by atoms with van der Waals surface area (Å²) in [5.74, 6) is 0.161. The molecule has 22 heavy (non-hydrogen) atoms. The van der Waals surface area contributed by atoms with Crippen LogP contribution in [0.15, 0.2) is 12.7 Å². The van der Waals surface area contributed by atoms with Gasteiger partial charge in [-0.05, 0) is 12.3 Å². The highest BCUT2D eigenvalue weighted by molar-refractivity contribution is 5.81. The Bertz CT molecular complexity index is 260. The second-order valence-corrected chi connectivity index (χ2v) is 6.62. The molecule has 0 rings (SSSR count). The Hall–Kier alpha value is -0.790. The van der Waals surface area contributed by atoms with E-state index in [2.05, 4.69) is 20.4 Å². The van der Waals surface area contributed by atoms with E-state index in [0.29, 0.717) is 12.5 Å². The highest BCUT2D eigenvalue weighted by Crippen LogP contribution is 2.14. The summed E-state index contributed by atoms with van der Waals surface area (Å²) in [6.45, 7) is 8.35. The predicted octanol–water partition coefficient (Wildman–Crippen LogP) is 6.44. The van der Waals surface area contributed by atoms with Gasteiger partial charge < -0.3 is 4.74 Å². The molecule has 0 aliphatic carbocycles. The van der Waals surface area contributed by atoms with Crippen molar-refractivity contribution in [2.45, 2.75) is 97.3 Å². The molecule has 0 aliphatic rings. The van der Waals surface area contributed by atoms with Crippen molar-refractivity contribution >= 4 is 5.97 Å². The number of unbranched alkanes of at least 4 members (excludes halogenated alkanes) is 11. The summed E-state index contributed by atoms with van der Waals surface area (Å²) >= 11 is 0. The molecule has 0 spiro atoms. The van der Waals surface area contributed by atoms with E-state index in [1.165, 1.54) is 83.1 Å². The lowest BCUT2D eigenvalue weighted by Gasteiger charge is -2.10. The molecule has 0 aliphatic heterocycles. The largest absolute Gasteiger partial charge is 0.462 e. The van der Waals surface area contributed by atoms with Gasteiger partial charge >= 0.3 is 5.97 Å². The van der Waals surface area contributed by atoms with Gasteiger partial charge in [0.05, 0.1) is 6.61 Å². The van der Waals surface area contributed by atoms with E-state index in [0.717, 1.165) is 6.42 Å². The molecule has 0 radical (unpaired) electrons. The first-order chi connectivity index (χ1) is 10.7. The van der Waals surface area contributed by atoms with Crippen LogP contribution in [0.5, 0.6) is 0 Å². The van der Waals surface area contributed by atoms with E-state index < -0.39 is 0 Å². The average Bonchev–Trinajstić information content (AvgIpc) is 2.53.